The maximum absolute atomic E-state index is 5.57. The number of hydrogen-bond acceptors (Lipinski definition) is 3. The van der Waals surface area contributed by atoms with E-state index in [1.807, 2.05) is 18.3 Å². The Balaban J connectivity index is 1.97. The van der Waals surface area contributed by atoms with E-state index in [2.05, 4.69) is 33.3 Å². The zero-order chi connectivity index (χ0) is 10.8. The molecule has 0 aliphatic heterocycles. The highest BCUT2D eigenvalue weighted by Crippen LogP contribution is 2.41. The van der Waals surface area contributed by atoms with E-state index in [0.717, 1.165) is 28.4 Å². The highest BCUT2D eigenvalue weighted by molar-refractivity contribution is 9.10. The normalized spacial score (nSPS) is 26.3. The molecule has 0 saturated heterocycles. The molecule has 1 aromatic rings. The molecule has 0 aromatic carbocycles. The first-order chi connectivity index (χ1) is 7.20. The second kappa shape index (κ2) is 4.60. The average Bonchev–Trinajstić information content (AvgIpc) is 2.95. The van der Waals surface area contributed by atoms with Gasteiger partial charge in [0, 0.05) is 28.8 Å². The summed E-state index contributed by atoms with van der Waals surface area (Å²) in [5.74, 6) is 7.10. The zero-order valence-corrected chi connectivity index (χ0v) is 10.4. The summed E-state index contributed by atoms with van der Waals surface area (Å²) in [6, 6.07) is 4.43. The third kappa shape index (κ3) is 2.77. The van der Waals surface area contributed by atoms with Crippen molar-refractivity contribution < 1.29 is 0 Å². The molecule has 3 atom stereocenters. The van der Waals surface area contributed by atoms with Gasteiger partial charge < -0.3 is 0 Å². The van der Waals surface area contributed by atoms with Crippen LogP contribution in [0.15, 0.2) is 22.8 Å². The molecular weight excluding hydrogens is 254 g/mol. The van der Waals surface area contributed by atoms with Crippen LogP contribution < -0.4 is 11.3 Å². The Morgan fingerprint density at radius 2 is 2.40 bits per heavy atom. The van der Waals surface area contributed by atoms with Gasteiger partial charge in [-0.25, -0.2) is 0 Å². The van der Waals surface area contributed by atoms with E-state index in [1.165, 1.54) is 6.42 Å². The quantitative estimate of drug-likeness (QED) is 0.648. The van der Waals surface area contributed by atoms with E-state index < -0.39 is 0 Å². The predicted molar refractivity (Wildman–Crippen MR) is 64.0 cm³/mol. The smallest absolute Gasteiger partial charge is 0.0420 e. The standard InChI is InChI=1S/C11H16BrN3/c1-7-4-10(7)11(15-13)5-9-3-2-8(12)6-14-9/h2-3,6-7,10-11,15H,4-5,13H2,1H3. The lowest BCUT2D eigenvalue weighted by Gasteiger charge is -2.14. The number of nitrogens with one attached hydrogen (secondary N) is 1. The van der Waals surface area contributed by atoms with Gasteiger partial charge in [0.15, 0.2) is 0 Å². The van der Waals surface area contributed by atoms with Crippen molar-refractivity contribution in [2.45, 2.75) is 25.8 Å². The summed E-state index contributed by atoms with van der Waals surface area (Å²) in [5.41, 5.74) is 4.00. The van der Waals surface area contributed by atoms with Crippen molar-refractivity contribution >= 4 is 15.9 Å². The van der Waals surface area contributed by atoms with Gasteiger partial charge in [-0.15, -0.1) is 0 Å². The monoisotopic (exact) mass is 269 g/mol. The van der Waals surface area contributed by atoms with Crippen molar-refractivity contribution in [1.29, 1.82) is 0 Å². The summed E-state index contributed by atoms with van der Waals surface area (Å²) in [7, 11) is 0. The fraction of sp³-hybridized carbons (Fsp3) is 0.545. The molecule has 0 radical (unpaired) electrons. The summed E-state index contributed by atoms with van der Waals surface area (Å²) in [5, 5.41) is 0. The van der Waals surface area contributed by atoms with Crippen LogP contribution in [0.2, 0.25) is 0 Å². The highest BCUT2D eigenvalue weighted by Gasteiger charge is 2.38. The third-order valence-electron chi connectivity index (χ3n) is 3.12. The van der Waals surface area contributed by atoms with Gasteiger partial charge in [0.2, 0.25) is 0 Å². The number of nitrogens with zero attached hydrogens (tertiary/aromatic N) is 1. The van der Waals surface area contributed by atoms with Crippen LogP contribution >= 0.6 is 15.9 Å². The van der Waals surface area contributed by atoms with Gasteiger partial charge >= 0.3 is 0 Å². The number of halogens is 1. The number of pyridine rings is 1. The Hall–Kier alpha value is -0.450. The Morgan fingerprint density at radius 3 is 2.87 bits per heavy atom. The molecule has 82 valence electrons. The molecule has 1 fully saturated rings. The SMILES string of the molecule is CC1CC1C(Cc1ccc(Br)cn1)NN. The van der Waals surface area contributed by atoms with E-state index in [-0.39, 0.29) is 0 Å². The molecule has 1 heterocycles. The molecule has 3 unspecified atom stereocenters. The molecule has 1 aliphatic carbocycles. The summed E-state index contributed by atoms with van der Waals surface area (Å²) in [4.78, 5) is 4.36. The number of nitrogens with two attached hydrogens (primary N) is 1. The minimum atomic E-state index is 0.369. The lowest BCUT2D eigenvalue weighted by atomic mass is 10.1. The Morgan fingerprint density at radius 1 is 1.67 bits per heavy atom. The van der Waals surface area contributed by atoms with Crippen molar-refractivity contribution in [3.8, 4) is 0 Å². The van der Waals surface area contributed by atoms with Crippen molar-refractivity contribution in [2.24, 2.45) is 17.7 Å². The summed E-state index contributed by atoms with van der Waals surface area (Å²) < 4.78 is 1.02. The van der Waals surface area contributed by atoms with Gasteiger partial charge in [0.05, 0.1) is 0 Å². The largest absolute Gasteiger partial charge is 0.271 e. The van der Waals surface area contributed by atoms with Gasteiger partial charge in [-0.05, 0) is 46.3 Å². The molecule has 15 heavy (non-hydrogen) atoms. The van der Waals surface area contributed by atoms with Crippen LogP contribution in [-0.4, -0.2) is 11.0 Å². The number of hydrogen-bond donors (Lipinski definition) is 2. The minimum Gasteiger partial charge on any atom is -0.271 e. The van der Waals surface area contributed by atoms with Gasteiger partial charge in [-0.1, -0.05) is 6.92 Å². The molecule has 0 spiro atoms. The number of aromatic nitrogens is 1. The van der Waals surface area contributed by atoms with Crippen LogP contribution in [0.25, 0.3) is 0 Å². The molecule has 1 saturated carbocycles. The van der Waals surface area contributed by atoms with Crippen LogP contribution in [-0.2, 0) is 6.42 Å². The van der Waals surface area contributed by atoms with Crippen molar-refractivity contribution in [1.82, 2.24) is 10.4 Å². The Kier molecular flexibility index (Phi) is 3.38. The Labute approximate surface area is 98.6 Å². The molecule has 2 rings (SSSR count). The topological polar surface area (TPSA) is 50.9 Å². The molecular formula is C11H16BrN3. The van der Waals surface area contributed by atoms with Crippen LogP contribution in [0.5, 0.6) is 0 Å². The first kappa shape index (κ1) is 11.0. The number of hydrazine groups is 1. The molecule has 0 bridgehead atoms. The highest BCUT2D eigenvalue weighted by atomic mass is 79.9. The molecule has 1 aliphatic rings. The summed E-state index contributed by atoms with van der Waals surface area (Å²) in [6.45, 7) is 2.27. The lowest BCUT2D eigenvalue weighted by Crippen LogP contribution is -2.39. The predicted octanol–water partition coefficient (Wildman–Crippen LogP) is 1.87. The second-order valence-electron chi connectivity index (χ2n) is 4.32. The third-order valence-corrected chi connectivity index (χ3v) is 3.59. The van der Waals surface area contributed by atoms with E-state index in [9.17, 15) is 0 Å². The van der Waals surface area contributed by atoms with Crippen LogP contribution in [0.4, 0.5) is 0 Å². The molecule has 1 aromatic heterocycles. The van der Waals surface area contributed by atoms with Gasteiger partial charge in [0.1, 0.15) is 0 Å². The van der Waals surface area contributed by atoms with Gasteiger partial charge in [-0.3, -0.25) is 16.3 Å². The maximum atomic E-state index is 5.57. The van der Waals surface area contributed by atoms with Crippen LogP contribution in [0.1, 0.15) is 19.0 Å². The van der Waals surface area contributed by atoms with Crippen LogP contribution in [0.3, 0.4) is 0 Å². The average molecular weight is 270 g/mol. The summed E-state index contributed by atoms with van der Waals surface area (Å²) in [6.07, 6.45) is 4.03. The van der Waals surface area contributed by atoms with Gasteiger partial charge in [0.25, 0.3) is 0 Å². The van der Waals surface area contributed by atoms with E-state index in [0.29, 0.717) is 6.04 Å². The first-order valence-electron chi connectivity index (χ1n) is 5.27. The van der Waals surface area contributed by atoms with Gasteiger partial charge in [-0.2, -0.15) is 0 Å². The minimum absolute atomic E-state index is 0.369. The van der Waals surface area contributed by atoms with Crippen LogP contribution in [0, 0.1) is 11.8 Å². The summed E-state index contributed by atoms with van der Waals surface area (Å²) >= 11 is 3.38. The van der Waals surface area contributed by atoms with Crippen molar-refractivity contribution in [3.63, 3.8) is 0 Å². The van der Waals surface area contributed by atoms with Crippen molar-refractivity contribution in [3.05, 3.63) is 28.5 Å². The zero-order valence-electron chi connectivity index (χ0n) is 8.78. The van der Waals surface area contributed by atoms with E-state index in [4.69, 9.17) is 5.84 Å². The van der Waals surface area contributed by atoms with E-state index >= 15 is 0 Å². The second-order valence-corrected chi connectivity index (χ2v) is 5.24. The molecule has 3 N–H and O–H groups in total. The lowest BCUT2D eigenvalue weighted by molar-refractivity contribution is 0.450. The molecule has 0 amide bonds. The molecule has 4 heteroatoms. The maximum Gasteiger partial charge on any atom is 0.0420 e. The van der Waals surface area contributed by atoms with E-state index in [1.54, 1.807) is 0 Å². The first-order valence-corrected chi connectivity index (χ1v) is 6.06. The Bertz CT molecular complexity index is 325. The molecule has 3 nitrogen and oxygen atoms in total. The fourth-order valence-electron chi connectivity index (χ4n) is 2.00. The number of rotatable bonds is 4. The fourth-order valence-corrected chi connectivity index (χ4v) is 2.23. The van der Waals surface area contributed by atoms with Crippen molar-refractivity contribution in [2.75, 3.05) is 0 Å².